The number of hydrogen-bond donors (Lipinski definition) is 2. The molecular formula is C10H18N4O. The van der Waals surface area contributed by atoms with E-state index in [9.17, 15) is 0 Å². The first kappa shape index (κ1) is 10.4. The summed E-state index contributed by atoms with van der Waals surface area (Å²) in [4.78, 5) is 0. The number of hydrogen-bond acceptors (Lipinski definition) is 5. The molecule has 1 aromatic rings. The van der Waals surface area contributed by atoms with E-state index in [2.05, 4.69) is 27.8 Å². The fourth-order valence-electron chi connectivity index (χ4n) is 1.64. The van der Waals surface area contributed by atoms with Crippen LogP contribution in [0, 0.1) is 5.41 Å². The average molecular weight is 210 g/mol. The van der Waals surface area contributed by atoms with Gasteiger partial charge in [-0.15, -0.1) is 5.10 Å². The molecule has 84 valence electrons. The van der Waals surface area contributed by atoms with E-state index in [0.717, 1.165) is 6.54 Å². The first-order chi connectivity index (χ1) is 7.28. The summed E-state index contributed by atoms with van der Waals surface area (Å²) in [6.07, 6.45) is 3.85. The van der Waals surface area contributed by atoms with E-state index in [4.69, 9.17) is 4.42 Å². The van der Waals surface area contributed by atoms with E-state index in [1.54, 1.807) is 0 Å². The smallest absolute Gasteiger partial charge is 0.315 e. The molecule has 1 heterocycles. The minimum absolute atomic E-state index is 0.498. The Bertz CT molecular complexity index is 319. The molecule has 1 aliphatic rings. The van der Waals surface area contributed by atoms with Crippen molar-refractivity contribution in [2.24, 2.45) is 5.41 Å². The third-order valence-corrected chi connectivity index (χ3v) is 3.12. The lowest BCUT2D eigenvalue weighted by atomic mass is 10.0. The zero-order valence-electron chi connectivity index (χ0n) is 9.34. The molecule has 0 atom stereocenters. The molecular weight excluding hydrogens is 192 g/mol. The van der Waals surface area contributed by atoms with Crippen molar-refractivity contribution in [1.82, 2.24) is 15.5 Å². The Morgan fingerprint density at radius 3 is 2.80 bits per heavy atom. The molecule has 0 spiro atoms. The zero-order valence-corrected chi connectivity index (χ0v) is 9.34. The minimum atomic E-state index is 0.498. The van der Waals surface area contributed by atoms with Crippen LogP contribution in [0.4, 0.5) is 6.01 Å². The molecule has 5 heteroatoms. The van der Waals surface area contributed by atoms with Crippen LogP contribution >= 0.6 is 0 Å². The normalized spacial score (nSPS) is 17.7. The quantitative estimate of drug-likeness (QED) is 0.743. The van der Waals surface area contributed by atoms with E-state index in [1.807, 2.05) is 7.05 Å². The summed E-state index contributed by atoms with van der Waals surface area (Å²) in [7, 11) is 1.85. The SMILES string of the molecule is CCC1(CNc2nnc(CNC)o2)CC1. The van der Waals surface area contributed by atoms with Crippen molar-refractivity contribution in [3.8, 4) is 0 Å². The lowest BCUT2D eigenvalue weighted by Gasteiger charge is -2.10. The fraction of sp³-hybridized carbons (Fsp3) is 0.800. The molecule has 2 N–H and O–H groups in total. The van der Waals surface area contributed by atoms with Crippen LogP contribution in [0.2, 0.25) is 0 Å². The second-order valence-electron chi connectivity index (χ2n) is 4.24. The second-order valence-corrected chi connectivity index (χ2v) is 4.24. The predicted octanol–water partition coefficient (Wildman–Crippen LogP) is 1.39. The average Bonchev–Trinajstić information content (AvgIpc) is 2.91. The predicted molar refractivity (Wildman–Crippen MR) is 57.5 cm³/mol. The van der Waals surface area contributed by atoms with Gasteiger partial charge in [0, 0.05) is 6.54 Å². The van der Waals surface area contributed by atoms with Crippen molar-refractivity contribution in [3.63, 3.8) is 0 Å². The molecule has 0 bridgehead atoms. The monoisotopic (exact) mass is 210 g/mol. The van der Waals surface area contributed by atoms with Crippen LogP contribution in [0.25, 0.3) is 0 Å². The highest BCUT2D eigenvalue weighted by Gasteiger charge is 2.40. The van der Waals surface area contributed by atoms with Crippen LogP contribution in [0.15, 0.2) is 4.42 Å². The van der Waals surface area contributed by atoms with E-state index < -0.39 is 0 Å². The molecule has 0 unspecified atom stereocenters. The Labute approximate surface area is 89.6 Å². The highest BCUT2D eigenvalue weighted by molar-refractivity contribution is 5.19. The van der Waals surface area contributed by atoms with Crippen LogP contribution in [0.1, 0.15) is 32.1 Å². The standard InChI is InChI=1S/C10H18N4O/c1-3-10(4-5-10)7-12-9-14-13-8(15-9)6-11-2/h11H,3-7H2,1-2H3,(H,12,14). The Morgan fingerprint density at radius 1 is 1.40 bits per heavy atom. The highest BCUT2D eigenvalue weighted by atomic mass is 16.4. The van der Waals surface area contributed by atoms with Gasteiger partial charge in [0.15, 0.2) is 0 Å². The van der Waals surface area contributed by atoms with Gasteiger partial charge in [-0.2, -0.15) is 0 Å². The van der Waals surface area contributed by atoms with Gasteiger partial charge in [0.25, 0.3) is 0 Å². The van der Waals surface area contributed by atoms with Gasteiger partial charge in [-0.25, -0.2) is 0 Å². The molecule has 2 rings (SSSR count). The molecule has 0 saturated heterocycles. The number of aromatic nitrogens is 2. The van der Waals surface area contributed by atoms with Crippen LogP contribution in [-0.2, 0) is 6.54 Å². The third kappa shape index (κ3) is 2.47. The van der Waals surface area contributed by atoms with Gasteiger partial charge in [-0.3, -0.25) is 0 Å². The fourth-order valence-corrected chi connectivity index (χ4v) is 1.64. The van der Waals surface area contributed by atoms with Crippen molar-refractivity contribution < 1.29 is 4.42 Å². The molecule has 15 heavy (non-hydrogen) atoms. The van der Waals surface area contributed by atoms with E-state index in [-0.39, 0.29) is 0 Å². The van der Waals surface area contributed by atoms with Crippen molar-refractivity contribution in [1.29, 1.82) is 0 Å². The van der Waals surface area contributed by atoms with Gasteiger partial charge >= 0.3 is 6.01 Å². The summed E-state index contributed by atoms with van der Waals surface area (Å²) in [5.41, 5.74) is 0.498. The first-order valence-corrected chi connectivity index (χ1v) is 5.49. The second kappa shape index (κ2) is 4.18. The molecule has 5 nitrogen and oxygen atoms in total. The maximum Gasteiger partial charge on any atom is 0.315 e. The first-order valence-electron chi connectivity index (χ1n) is 5.49. The van der Waals surface area contributed by atoms with Gasteiger partial charge < -0.3 is 15.1 Å². The van der Waals surface area contributed by atoms with Gasteiger partial charge in [0.1, 0.15) is 0 Å². The van der Waals surface area contributed by atoms with Crippen LogP contribution < -0.4 is 10.6 Å². The maximum absolute atomic E-state index is 5.40. The van der Waals surface area contributed by atoms with Gasteiger partial charge in [-0.05, 0) is 31.7 Å². The van der Waals surface area contributed by atoms with E-state index >= 15 is 0 Å². The molecule has 1 aliphatic carbocycles. The van der Waals surface area contributed by atoms with Crippen molar-refractivity contribution in [2.45, 2.75) is 32.7 Å². The molecule has 1 aromatic heterocycles. The third-order valence-electron chi connectivity index (χ3n) is 3.12. The topological polar surface area (TPSA) is 63.0 Å². The number of nitrogens with zero attached hydrogens (tertiary/aromatic N) is 2. The molecule has 0 aliphatic heterocycles. The summed E-state index contributed by atoms with van der Waals surface area (Å²) < 4.78 is 5.40. The summed E-state index contributed by atoms with van der Waals surface area (Å²) in [6.45, 7) is 3.80. The lowest BCUT2D eigenvalue weighted by Crippen LogP contribution is -2.14. The maximum atomic E-state index is 5.40. The van der Waals surface area contributed by atoms with Crippen molar-refractivity contribution in [2.75, 3.05) is 18.9 Å². The van der Waals surface area contributed by atoms with Gasteiger partial charge in [0.2, 0.25) is 5.89 Å². The van der Waals surface area contributed by atoms with Gasteiger partial charge in [-0.1, -0.05) is 12.0 Å². The molecule has 0 aromatic carbocycles. The van der Waals surface area contributed by atoms with Crippen LogP contribution in [0.5, 0.6) is 0 Å². The Morgan fingerprint density at radius 2 is 2.20 bits per heavy atom. The molecule has 1 fully saturated rings. The highest BCUT2D eigenvalue weighted by Crippen LogP contribution is 2.48. The van der Waals surface area contributed by atoms with E-state index in [1.165, 1.54) is 19.3 Å². The number of nitrogens with one attached hydrogen (secondary N) is 2. The Balaban J connectivity index is 1.83. The van der Waals surface area contributed by atoms with Crippen LogP contribution in [0.3, 0.4) is 0 Å². The Kier molecular flexibility index (Phi) is 2.90. The van der Waals surface area contributed by atoms with Crippen LogP contribution in [-0.4, -0.2) is 23.8 Å². The minimum Gasteiger partial charge on any atom is -0.407 e. The lowest BCUT2D eigenvalue weighted by molar-refractivity contribution is 0.472. The molecule has 1 saturated carbocycles. The summed E-state index contributed by atoms with van der Waals surface area (Å²) in [5.74, 6) is 0.626. The molecule has 0 amide bonds. The largest absolute Gasteiger partial charge is 0.407 e. The number of rotatable bonds is 6. The Hall–Kier alpha value is -1.10. The van der Waals surface area contributed by atoms with Crippen molar-refractivity contribution >= 4 is 6.01 Å². The number of anilines is 1. The van der Waals surface area contributed by atoms with Crippen molar-refractivity contribution in [3.05, 3.63) is 5.89 Å². The zero-order chi connectivity index (χ0) is 10.7. The summed E-state index contributed by atoms with van der Waals surface area (Å²) in [5, 5.41) is 14.0. The molecule has 0 radical (unpaired) electrons. The van der Waals surface area contributed by atoms with E-state index in [0.29, 0.717) is 23.9 Å². The van der Waals surface area contributed by atoms with Gasteiger partial charge in [0.05, 0.1) is 6.54 Å². The summed E-state index contributed by atoms with van der Waals surface area (Å²) in [6, 6.07) is 0.542. The summed E-state index contributed by atoms with van der Waals surface area (Å²) >= 11 is 0.